The third-order valence-corrected chi connectivity index (χ3v) is 6.50. The fourth-order valence-corrected chi connectivity index (χ4v) is 4.68. The molecule has 1 aliphatic heterocycles. The zero-order valence-electron chi connectivity index (χ0n) is 18.5. The Kier molecular flexibility index (Phi) is 5.84. The summed E-state index contributed by atoms with van der Waals surface area (Å²) in [4.78, 5) is 37.5. The lowest BCUT2D eigenvalue weighted by molar-refractivity contribution is -0.384. The van der Waals surface area contributed by atoms with Crippen LogP contribution in [0.15, 0.2) is 82.1 Å². The highest BCUT2D eigenvalue weighted by molar-refractivity contribution is 8.18. The summed E-state index contributed by atoms with van der Waals surface area (Å²) in [6.07, 6.45) is 1.52. The summed E-state index contributed by atoms with van der Waals surface area (Å²) in [5.41, 5.74) is 1.29. The van der Waals surface area contributed by atoms with E-state index in [1.165, 1.54) is 36.3 Å². The summed E-state index contributed by atoms with van der Waals surface area (Å²) in [7, 11) is 1.41. The molecule has 4 aromatic rings. The fraction of sp³-hybridized carbons (Fsp3) is 0.0769. The third kappa shape index (κ3) is 4.41. The van der Waals surface area contributed by atoms with Gasteiger partial charge in [-0.3, -0.25) is 24.6 Å². The topological polar surface area (TPSA) is 103 Å². The van der Waals surface area contributed by atoms with Gasteiger partial charge in [0.15, 0.2) is 0 Å². The number of nitro benzene ring substituents is 1. The van der Waals surface area contributed by atoms with Crippen LogP contribution in [0.25, 0.3) is 28.2 Å². The lowest BCUT2D eigenvalue weighted by atomic mass is 10.1. The molecule has 1 aliphatic rings. The van der Waals surface area contributed by atoms with Crippen LogP contribution in [0.3, 0.4) is 0 Å². The van der Waals surface area contributed by atoms with Crippen molar-refractivity contribution in [2.24, 2.45) is 0 Å². The molecule has 0 aliphatic carbocycles. The number of nitro groups is 1. The zero-order chi connectivity index (χ0) is 24.5. The van der Waals surface area contributed by atoms with Gasteiger partial charge in [0.1, 0.15) is 17.3 Å². The van der Waals surface area contributed by atoms with Gasteiger partial charge in [-0.05, 0) is 52.4 Å². The number of carbonyl (C=O) groups is 2. The molecule has 1 aromatic heterocycles. The van der Waals surface area contributed by atoms with Crippen molar-refractivity contribution < 1.29 is 23.7 Å². The van der Waals surface area contributed by atoms with E-state index in [1.807, 2.05) is 42.5 Å². The van der Waals surface area contributed by atoms with Gasteiger partial charge in [0.2, 0.25) is 0 Å². The van der Waals surface area contributed by atoms with E-state index < -0.39 is 4.92 Å². The van der Waals surface area contributed by atoms with Crippen LogP contribution >= 0.6 is 11.8 Å². The minimum Gasteiger partial charge on any atom is -0.496 e. The quantitative estimate of drug-likeness (QED) is 0.180. The van der Waals surface area contributed by atoms with Gasteiger partial charge in [-0.25, -0.2) is 0 Å². The molecule has 0 unspecified atom stereocenters. The molecular formula is C26H18N2O6S. The molecule has 2 amide bonds. The first kappa shape index (κ1) is 22.4. The number of furan rings is 1. The van der Waals surface area contributed by atoms with Gasteiger partial charge in [0.25, 0.3) is 16.8 Å². The first-order valence-corrected chi connectivity index (χ1v) is 11.4. The van der Waals surface area contributed by atoms with Crippen molar-refractivity contribution in [3.8, 4) is 17.1 Å². The molecule has 3 aromatic carbocycles. The molecule has 1 fully saturated rings. The van der Waals surface area contributed by atoms with E-state index in [4.69, 9.17) is 9.15 Å². The summed E-state index contributed by atoms with van der Waals surface area (Å²) in [6.45, 7) is 0.177. The molecule has 1 saturated heterocycles. The number of non-ortho nitro benzene ring substituents is 1. The molecule has 0 bridgehead atoms. The van der Waals surface area contributed by atoms with Crippen LogP contribution in [0.1, 0.15) is 11.3 Å². The average molecular weight is 487 g/mol. The molecule has 0 N–H and O–H groups in total. The number of nitrogens with zero attached hydrogens (tertiary/aromatic N) is 2. The number of benzene rings is 3. The number of ether oxygens (including phenoxy) is 1. The van der Waals surface area contributed by atoms with Crippen LogP contribution < -0.4 is 4.74 Å². The van der Waals surface area contributed by atoms with Crippen LogP contribution in [0.2, 0.25) is 0 Å². The monoisotopic (exact) mass is 486 g/mol. The smallest absolute Gasteiger partial charge is 0.293 e. The number of methoxy groups -OCH3 is 1. The predicted molar refractivity (Wildman–Crippen MR) is 133 cm³/mol. The number of rotatable bonds is 6. The van der Waals surface area contributed by atoms with Crippen LogP contribution in [-0.4, -0.2) is 28.1 Å². The number of fused-ring (bicyclic) bond motifs is 1. The predicted octanol–water partition coefficient (Wildman–Crippen LogP) is 6.25. The van der Waals surface area contributed by atoms with Crippen molar-refractivity contribution in [2.45, 2.75) is 6.54 Å². The van der Waals surface area contributed by atoms with Gasteiger partial charge in [-0.2, -0.15) is 0 Å². The van der Waals surface area contributed by atoms with E-state index in [9.17, 15) is 19.7 Å². The first-order chi connectivity index (χ1) is 16.9. The Balaban J connectivity index is 1.37. The summed E-state index contributed by atoms with van der Waals surface area (Å²) in [6, 6.07) is 21.3. The van der Waals surface area contributed by atoms with Crippen molar-refractivity contribution in [2.75, 3.05) is 7.11 Å². The van der Waals surface area contributed by atoms with Gasteiger partial charge in [0.05, 0.1) is 35.1 Å². The van der Waals surface area contributed by atoms with Crippen LogP contribution in [0.5, 0.6) is 5.75 Å². The Hall–Kier alpha value is -4.37. The van der Waals surface area contributed by atoms with Crippen LogP contribution in [-0.2, 0) is 11.3 Å². The second-order valence-electron chi connectivity index (χ2n) is 7.79. The standard InChI is InChI=1S/C26H18N2O6S/c1-33-23-13-19(28(31)32)8-10-21(23)22-11-9-20(34-22)14-24-25(29)27(26(30)35-24)15-16-6-7-17-4-2-3-5-18(17)12-16/h2-14H,15H2,1H3/b24-14-. The lowest BCUT2D eigenvalue weighted by Crippen LogP contribution is -2.27. The molecule has 0 spiro atoms. The maximum absolute atomic E-state index is 13.0. The van der Waals surface area contributed by atoms with Crippen LogP contribution in [0, 0.1) is 10.1 Å². The Labute approximate surface area is 203 Å². The van der Waals surface area contributed by atoms with Crippen LogP contribution in [0.4, 0.5) is 10.5 Å². The fourth-order valence-electron chi connectivity index (χ4n) is 3.86. The van der Waals surface area contributed by atoms with Crippen molar-refractivity contribution >= 4 is 45.4 Å². The average Bonchev–Trinajstić information content (AvgIpc) is 3.43. The SMILES string of the molecule is COc1cc([N+](=O)[O-])ccc1-c1ccc(/C=C2\SC(=O)N(Cc3ccc4ccccc4c3)C2=O)o1. The number of imide groups is 1. The van der Waals surface area contributed by atoms with E-state index >= 15 is 0 Å². The van der Waals surface area contributed by atoms with Crippen molar-refractivity contribution in [3.63, 3.8) is 0 Å². The third-order valence-electron chi connectivity index (χ3n) is 5.59. The second kappa shape index (κ2) is 9.11. The Morgan fingerprint density at radius 1 is 1.03 bits per heavy atom. The number of hydrogen-bond donors (Lipinski definition) is 0. The van der Waals surface area contributed by atoms with Gasteiger partial charge in [-0.1, -0.05) is 36.4 Å². The van der Waals surface area contributed by atoms with Crippen molar-refractivity contribution in [3.05, 3.63) is 99.1 Å². The molecule has 8 nitrogen and oxygen atoms in total. The zero-order valence-corrected chi connectivity index (χ0v) is 19.3. The van der Waals surface area contributed by atoms with Crippen molar-refractivity contribution in [1.82, 2.24) is 4.90 Å². The molecule has 5 rings (SSSR count). The Morgan fingerprint density at radius 3 is 2.60 bits per heavy atom. The second-order valence-corrected chi connectivity index (χ2v) is 8.79. The minimum absolute atomic E-state index is 0.0996. The maximum atomic E-state index is 13.0. The molecule has 9 heteroatoms. The van der Waals surface area contributed by atoms with E-state index in [1.54, 1.807) is 12.1 Å². The Morgan fingerprint density at radius 2 is 1.83 bits per heavy atom. The number of amides is 2. The highest BCUT2D eigenvalue weighted by Gasteiger charge is 2.35. The molecule has 0 radical (unpaired) electrons. The van der Waals surface area contributed by atoms with E-state index in [0.29, 0.717) is 17.1 Å². The summed E-state index contributed by atoms with van der Waals surface area (Å²) >= 11 is 0.856. The minimum atomic E-state index is -0.506. The van der Waals surface area contributed by atoms with Crippen molar-refractivity contribution in [1.29, 1.82) is 0 Å². The molecule has 174 valence electrons. The van der Waals surface area contributed by atoms with Gasteiger partial charge in [0, 0.05) is 12.1 Å². The van der Waals surface area contributed by atoms with E-state index in [2.05, 4.69) is 0 Å². The highest BCUT2D eigenvalue weighted by Crippen LogP contribution is 2.37. The van der Waals surface area contributed by atoms with Gasteiger partial charge >= 0.3 is 0 Å². The molecular weight excluding hydrogens is 468 g/mol. The van der Waals surface area contributed by atoms with E-state index in [-0.39, 0.29) is 34.0 Å². The normalized spacial score (nSPS) is 14.8. The highest BCUT2D eigenvalue weighted by atomic mass is 32.2. The lowest BCUT2D eigenvalue weighted by Gasteiger charge is -2.13. The number of hydrogen-bond acceptors (Lipinski definition) is 7. The number of thioether (sulfide) groups is 1. The van der Waals surface area contributed by atoms with E-state index in [0.717, 1.165) is 28.1 Å². The number of carbonyl (C=O) groups excluding carboxylic acids is 2. The van der Waals surface area contributed by atoms with Gasteiger partial charge < -0.3 is 9.15 Å². The summed E-state index contributed by atoms with van der Waals surface area (Å²) in [5.74, 6) is 0.685. The molecule has 35 heavy (non-hydrogen) atoms. The van der Waals surface area contributed by atoms with Gasteiger partial charge in [-0.15, -0.1) is 0 Å². The Bertz CT molecular complexity index is 1520. The first-order valence-electron chi connectivity index (χ1n) is 10.6. The molecule has 0 saturated carbocycles. The summed E-state index contributed by atoms with van der Waals surface area (Å²) < 4.78 is 11.1. The molecule has 2 heterocycles. The molecule has 0 atom stereocenters. The largest absolute Gasteiger partial charge is 0.496 e. The maximum Gasteiger partial charge on any atom is 0.293 e. The summed E-state index contributed by atoms with van der Waals surface area (Å²) in [5, 5.41) is 12.8.